The number of rotatable bonds is 4. The third kappa shape index (κ3) is 3.18. The number of nitrogens with zero attached hydrogens (tertiary/aromatic N) is 3. The fraction of sp³-hybridized carbons (Fsp3) is 0.136. The van der Waals surface area contributed by atoms with E-state index in [9.17, 15) is 20.0 Å². The molecule has 8 nitrogen and oxygen atoms in total. The molecule has 0 spiro atoms. The molecular formula is C22H18N4O4. The van der Waals surface area contributed by atoms with Crippen LogP contribution in [0.3, 0.4) is 0 Å². The van der Waals surface area contributed by atoms with Gasteiger partial charge >= 0.3 is 5.97 Å². The Labute approximate surface area is 171 Å². The van der Waals surface area contributed by atoms with Crippen LogP contribution in [0.15, 0.2) is 71.8 Å². The van der Waals surface area contributed by atoms with Gasteiger partial charge in [-0.1, -0.05) is 24.3 Å². The Bertz CT molecular complexity index is 1260. The maximum absolute atomic E-state index is 12.2. The molecule has 1 atom stereocenters. The van der Waals surface area contributed by atoms with Crippen LogP contribution in [0.25, 0.3) is 16.6 Å². The molecule has 2 aromatic carbocycles. The molecule has 0 saturated heterocycles. The van der Waals surface area contributed by atoms with E-state index in [4.69, 9.17) is 0 Å². The summed E-state index contributed by atoms with van der Waals surface area (Å²) in [5, 5.41) is 24.5. The number of dihydropyridines is 1. The van der Waals surface area contributed by atoms with Gasteiger partial charge in [-0.15, -0.1) is 0 Å². The third-order valence-corrected chi connectivity index (χ3v) is 5.19. The second-order valence-corrected chi connectivity index (χ2v) is 7.02. The van der Waals surface area contributed by atoms with Crippen LogP contribution in [0.4, 0.5) is 5.69 Å². The molecule has 2 heterocycles. The first-order valence-electron chi connectivity index (χ1n) is 9.24. The molecule has 0 saturated carbocycles. The number of carboxylic acids is 1. The lowest BCUT2D eigenvalue weighted by Crippen LogP contribution is -2.27. The van der Waals surface area contributed by atoms with Crippen molar-refractivity contribution in [2.45, 2.75) is 19.8 Å². The minimum absolute atomic E-state index is 0.0943. The summed E-state index contributed by atoms with van der Waals surface area (Å²) in [5.41, 5.74) is 4.56. The Morgan fingerprint density at radius 2 is 1.83 bits per heavy atom. The molecule has 1 aliphatic rings. The number of carbonyl (C=O) groups is 1. The molecule has 4 rings (SSSR count). The van der Waals surface area contributed by atoms with Crippen molar-refractivity contribution in [3.63, 3.8) is 0 Å². The summed E-state index contributed by atoms with van der Waals surface area (Å²) in [7, 11) is 0. The number of nitro groups is 1. The lowest BCUT2D eigenvalue weighted by Gasteiger charge is -2.31. The van der Waals surface area contributed by atoms with Crippen LogP contribution in [0.2, 0.25) is 0 Å². The summed E-state index contributed by atoms with van der Waals surface area (Å²) in [6.07, 6.45) is 3.18. The van der Waals surface area contributed by atoms with Gasteiger partial charge in [0.15, 0.2) is 0 Å². The highest BCUT2D eigenvalue weighted by Crippen LogP contribution is 2.45. The molecule has 8 heteroatoms. The van der Waals surface area contributed by atoms with Crippen molar-refractivity contribution < 1.29 is 14.8 Å². The standard InChI is InChI=1S/C22H18N4O4/c1-12-18(16-7-4-8-17-21(16)24-10-9-23-17)20(19(22(27)28)13(2)25-12)14-5-3-6-15(11-14)26(29)30/h3-11,20,25H,1-2H3,(H,27,28). The number of hydrogen-bond donors (Lipinski definition) is 2. The molecule has 1 aliphatic heterocycles. The highest BCUT2D eigenvalue weighted by atomic mass is 16.6. The van der Waals surface area contributed by atoms with Crippen molar-refractivity contribution in [2.24, 2.45) is 0 Å². The average Bonchev–Trinajstić information content (AvgIpc) is 2.72. The van der Waals surface area contributed by atoms with Crippen LogP contribution in [0.1, 0.15) is 30.9 Å². The first kappa shape index (κ1) is 19.3. The van der Waals surface area contributed by atoms with E-state index in [-0.39, 0.29) is 11.3 Å². The number of nitro benzene ring substituents is 1. The Balaban J connectivity index is 2.02. The van der Waals surface area contributed by atoms with Gasteiger partial charge in [-0.2, -0.15) is 0 Å². The van der Waals surface area contributed by atoms with Crippen molar-refractivity contribution >= 4 is 28.3 Å². The smallest absolute Gasteiger partial charge is 0.334 e. The van der Waals surface area contributed by atoms with E-state index in [1.165, 1.54) is 12.1 Å². The summed E-state index contributed by atoms with van der Waals surface area (Å²) < 4.78 is 0. The number of non-ortho nitro benzene ring substituents is 1. The Morgan fingerprint density at radius 3 is 2.57 bits per heavy atom. The number of hydrogen-bond acceptors (Lipinski definition) is 6. The zero-order valence-corrected chi connectivity index (χ0v) is 16.3. The van der Waals surface area contributed by atoms with E-state index in [1.807, 2.05) is 25.1 Å². The predicted octanol–water partition coefficient (Wildman–Crippen LogP) is 4.01. The normalized spacial score (nSPS) is 16.5. The molecule has 30 heavy (non-hydrogen) atoms. The first-order valence-corrected chi connectivity index (χ1v) is 9.24. The van der Waals surface area contributed by atoms with E-state index in [2.05, 4.69) is 15.3 Å². The Hall–Kier alpha value is -4.07. The van der Waals surface area contributed by atoms with Gasteiger partial charge in [0, 0.05) is 47.4 Å². The van der Waals surface area contributed by atoms with Gasteiger partial charge in [-0.25, -0.2) is 4.79 Å². The van der Waals surface area contributed by atoms with Crippen LogP contribution >= 0.6 is 0 Å². The number of fused-ring (bicyclic) bond motifs is 1. The van der Waals surface area contributed by atoms with Crippen molar-refractivity contribution in [1.29, 1.82) is 0 Å². The highest BCUT2D eigenvalue weighted by molar-refractivity contribution is 6.00. The van der Waals surface area contributed by atoms with Gasteiger partial charge in [0.1, 0.15) is 0 Å². The SMILES string of the molecule is CC1=C(C(=O)O)C(c2cccc([N+](=O)[O-])c2)C(c2cccc3nccnc23)=C(C)N1. The van der Waals surface area contributed by atoms with Crippen molar-refractivity contribution in [1.82, 2.24) is 15.3 Å². The maximum atomic E-state index is 12.2. The lowest BCUT2D eigenvalue weighted by molar-refractivity contribution is -0.384. The van der Waals surface area contributed by atoms with E-state index in [0.29, 0.717) is 27.9 Å². The van der Waals surface area contributed by atoms with Crippen LogP contribution in [-0.2, 0) is 4.79 Å². The van der Waals surface area contributed by atoms with E-state index in [0.717, 1.165) is 11.3 Å². The summed E-state index contributed by atoms with van der Waals surface area (Å²) >= 11 is 0. The van der Waals surface area contributed by atoms with Gasteiger partial charge < -0.3 is 10.4 Å². The number of aromatic nitrogens is 2. The maximum Gasteiger partial charge on any atom is 0.334 e. The van der Waals surface area contributed by atoms with Crippen LogP contribution in [-0.4, -0.2) is 26.0 Å². The van der Waals surface area contributed by atoms with E-state index < -0.39 is 16.8 Å². The van der Waals surface area contributed by atoms with E-state index in [1.54, 1.807) is 31.5 Å². The van der Waals surface area contributed by atoms with Crippen molar-refractivity contribution in [3.05, 3.63) is 93.1 Å². The number of para-hydroxylation sites is 1. The summed E-state index contributed by atoms with van der Waals surface area (Å²) in [6.45, 7) is 3.55. The van der Waals surface area contributed by atoms with Gasteiger partial charge in [-0.3, -0.25) is 20.1 Å². The number of carboxylic acid groups (broad SMARTS) is 1. The monoisotopic (exact) mass is 402 g/mol. The molecule has 0 radical (unpaired) electrons. The van der Waals surface area contributed by atoms with E-state index >= 15 is 0 Å². The second kappa shape index (κ2) is 7.40. The second-order valence-electron chi connectivity index (χ2n) is 7.02. The minimum Gasteiger partial charge on any atom is -0.478 e. The molecule has 0 aliphatic carbocycles. The zero-order chi connectivity index (χ0) is 21.4. The fourth-order valence-electron chi connectivity index (χ4n) is 4.00. The summed E-state index contributed by atoms with van der Waals surface area (Å²) in [5.74, 6) is -1.80. The Morgan fingerprint density at radius 1 is 1.10 bits per heavy atom. The van der Waals surface area contributed by atoms with Crippen LogP contribution < -0.4 is 5.32 Å². The fourth-order valence-corrected chi connectivity index (χ4v) is 4.00. The van der Waals surface area contributed by atoms with Gasteiger partial charge in [0.25, 0.3) is 5.69 Å². The molecule has 3 aromatic rings. The van der Waals surface area contributed by atoms with Gasteiger partial charge in [-0.05, 0) is 31.1 Å². The topological polar surface area (TPSA) is 118 Å². The predicted molar refractivity (Wildman–Crippen MR) is 111 cm³/mol. The van der Waals surface area contributed by atoms with Crippen LogP contribution in [0.5, 0.6) is 0 Å². The minimum atomic E-state index is -1.09. The number of nitrogens with one attached hydrogen (secondary N) is 1. The molecule has 1 aromatic heterocycles. The molecular weight excluding hydrogens is 384 g/mol. The molecule has 150 valence electrons. The van der Waals surface area contributed by atoms with Crippen LogP contribution in [0, 0.1) is 10.1 Å². The quantitative estimate of drug-likeness (QED) is 0.500. The van der Waals surface area contributed by atoms with Crippen molar-refractivity contribution in [2.75, 3.05) is 0 Å². The molecule has 0 bridgehead atoms. The number of allylic oxidation sites excluding steroid dienone is 3. The van der Waals surface area contributed by atoms with Crippen molar-refractivity contribution in [3.8, 4) is 0 Å². The third-order valence-electron chi connectivity index (χ3n) is 5.19. The molecule has 0 amide bonds. The molecule has 2 N–H and O–H groups in total. The Kier molecular flexibility index (Phi) is 4.75. The first-order chi connectivity index (χ1) is 14.4. The average molecular weight is 402 g/mol. The van der Waals surface area contributed by atoms with Gasteiger partial charge in [0.05, 0.1) is 21.5 Å². The molecule has 1 unspecified atom stereocenters. The largest absolute Gasteiger partial charge is 0.478 e. The summed E-state index contributed by atoms with van der Waals surface area (Å²) in [4.78, 5) is 31.9. The number of benzene rings is 2. The van der Waals surface area contributed by atoms with Gasteiger partial charge in [0.2, 0.25) is 0 Å². The highest BCUT2D eigenvalue weighted by Gasteiger charge is 2.35. The lowest BCUT2D eigenvalue weighted by atomic mass is 9.77. The zero-order valence-electron chi connectivity index (χ0n) is 16.3. The molecule has 0 fully saturated rings. The summed E-state index contributed by atoms with van der Waals surface area (Å²) in [6, 6.07) is 11.6. The number of aliphatic carboxylic acids is 1.